The number of fused-ring (bicyclic) bond motifs is 1. The predicted molar refractivity (Wildman–Crippen MR) is 141 cm³/mol. The van der Waals surface area contributed by atoms with Gasteiger partial charge in [-0.3, -0.25) is 14.6 Å². The molecule has 1 atom stereocenters. The van der Waals surface area contributed by atoms with Crippen LogP contribution >= 0.6 is 0 Å². The van der Waals surface area contributed by atoms with E-state index in [0.29, 0.717) is 54.1 Å². The lowest BCUT2D eigenvalue weighted by molar-refractivity contribution is -0.140. The van der Waals surface area contributed by atoms with Crippen molar-refractivity contribution in [3.8, 4) is 17.2 Å². The second-order valence-corrected chi connectivity index (χ2v) is 9.75. The molecule has 0 spiro atoms. The molecule has 2 aliphatic rings. The van der Waals surface area contributed by atoms with Gasteiger partial charge in [0.2, 0.25) is 0 Å². The fourth-order valence-electron chi connectivity index (χ4n) is 4.61. The number of ketones is 1. The molecule has 5 rings (SSSR count). The van der Waals surface area contributed by atoms with Gasteiger partial charge in [0.05, 0.1) is 18.2 Å². The van der Waals surface area contributed by atoms with Gasteiger partial charge < -0.3 is 24.2 Å². The number of benzene rings is 2. The minimum atomic E-state index is -0.822. The van der Waals surface area contributed by atoms with E-state index in [1.54, 1.807) is 36.7 Å². The van der Waals surface area contributed by atoms with Crippen molar-refractivity contribution in [1.29, 1.82) is 0 Å². The summed E-state index contributed by atoms with van der Waals surface area (Å²) in [5.74, 6) is 0.450. The molecule has 2 aromatic carbocycles. The third-order valence-corrected chi connectivity index (χ3v) is 6.57. The van der Waals surface area contributed by atoms with Gasteiger partial charge in [0.25, 0.3) is 11.7 Å². The number of carbonyl (C=O) groups is 2. The first-order valence-electron chi connectivity index (χ1n) is 12.7. The van der Waals surface area contributed by atoms with E-state index < -0.39 is 17.7 Å². The van der Waals surface area contributed by atoms with Crippen molar-refractivity contribution in [2.75, 3.05) is 19.8 Å². The second-order valence-electron chi connectivity index (χ2n) is 9.75. The normalized spacial score (nSPS) is 18.2. The van der Waals surface area contributed by atoms with Crippen LogP contribution in [-0.4, -0.2) is 46.5 Å². The average Bonchev–Trinajstić information content (AvgIpc) is 3.18. The van der Waals surface area contributed by atoms with Crippen molar-refractivity contribution in [1.82, 2.24) is 9.88 Å². The van der Waals surface area contributed by atoms with Gasteiger partial charge in [0.1, 0.15) is 24.7 Å². The molecule has 0 aliphatic carbocycles. The molecule has 0 unspecified atom stereocenters. The summed E-state index contributed by atoms with van der Waals surface area (Å²) in [4.78, 5) is 32.4. The zero-order valence-electron chi connectivity index (χ0n) is 21.4. The van der Waals surface area contributed by atoms with Crippen molar-refractivity contribution in [3.05, 3.63) is 89.3 Å². The van der Waals surface area contributed by atoms with Crippen LogP contribution in [-0.2, 0) is 16.1 Å². The van der Waals surface area contributed by atoms with E-state index in [1.807, 2.05) is 30.3 Å². The number of hydrogen-bond donors (Lipinski definition) is 1. The number of hydrogen-bond acceptors (Lipinski definition) is 7. The molecule has 8 heteroatoms. The number of nitrogens with zero attached hydrogens (tertiary/aromatic N) is 2. The summed E-state index contributed by atoms with van der Waals surface area (Å²) in [6.07, 6.45) is 4.20. The number of aromatic nitrogens is 1. The smallest absolute Gasteiger partial charge is 0.295 e. The lowest BCUT2D eigenvalue weighted by Gasteiger charge is -2.26. The van der Waals surface area contributed by atoms with Gasteiger partial charge in [0, 0.05) is 24.5 Å². The lowest BCUT2D eigenvalue weighted by atomic mass is 9.95. The molecular formula is C30H30N2O6. The molecule has 0 radical (unpaired) electrons. The number of aliphatic hydroxyl groups excluding tert-OH is 1. The Labute approximate surface area is 221 Å². The van der Waals surface area contributed by atoms with Crippen LogP contribution in [0.1, 0.15) is 43.0 Å². The monoisotopic (exact) mass is 514 g/mol. The number of ether oxygens (including phenoxy) is 3. The van der Waals surface area contributed by atoms with Crippen LogP contribution in [0, 0.1) is 5.92 Å². The van der Waals surface area contributed by atoms with Gasteiger partial charge in [0.15, 0.2) is 11.5 Å². The molecule has 8 nitrogen and oxygen atoms in total. The van der Waals surface area contributed by atoms with E-state index in [4.69, 9.17) is 14.2 Å². The topological polar surface area (TPSA) is 98.2 Å². The number of Topliss-reactive ketones (excluding diaryl/α,β-unsaturated/α-hetero) is 1. The van der Waals surface area contributed by atoms with Gasteiger partial charge in [-0.2, -0.15) is 0 Å². The molecule has 0 bridgehead atoms. The van der Waals surface area contributed by atoms with E-state index in [0.717, 1.165) is 12.0 Å². The first kappa shape index (κ1) is 25.3. The Kier molecular flexibility index (Phi) is 7.31. The quantitative estimate of drug-likeness (QED) is 0.259. The number of aliphatic hydroxyl groups is 1. The number of amides is 1. The van der Waals surface area contributed by atoms with Crippen LogP contribution in [0.15, 0.2) is 72.6 Å². The second kappa shape index (κ2) is 11.0. The fourth-order valence-corrected chi connectivity index (χ4v) is 4.61. The SMILES string of the molecule is CC(C)CCOc1cccc([C@H]2/C(=C(\O)c3ccc4c(c3)OCCO4)C(=O)C(=O)N2Cc2cccnc2)c1. The van der Waals surface area contributed by atoms with Crippen molar-refractivity contribution < 1.29 is 28.9 Å². The molecule has 196 valence electrons. The molecule has 1 saturated heterocycles. The molecule has 38 heavy (non-hydrogen) atoms. The van der Waals surface area contributed by atoms with Gasteiger partial charge in [-0.15, -0.1) is 0 Å². The Morgan fingerprint density at radius 2 is 1.89 bits per heavy atom. The summed E-state index contributed by atoms with van der Waals surface area (Å²) in [5, 5.41) is 11.4. The summed E-state index contributed by atoms with van der Waals surface area (Å²) < 4.78 is 17.2. The van der Waals surface area contributed by atoms with Crippen LogP contribution in [0.4, 0.5) is 0 Å². The van der Waals surface area contributed by atoms with Crippen molar-refractivity contribution in [3.63, 3.8) is 0 Å². The molecular weight excluding hydrogens is 484 g/mol. The molecule has 3 heterocycles. The van der Waals surface area contributed by atoms with Gasteiger partial charge in [-0.25, -0.2) is 0 Å². The summed E-state index contributed by atoms with van der Waals surface area (Å²) in [7, 11) is 0. The number of pyridine rings is 1. The molecule has 1 amide bonds. The third kappa shape index (κ3) is 5.20. The molecule has 1 fully saturated rings. The number of likely N-dealkylation sites (tertiary alicyclic amines) is 1. The van der Waals surface area contributed by atoms with Crippen LogP contribution in [0.5, 0.6) is 17.2 Å². The number of carbonyl (C=O) groups excluding carboxylic acids is 2. The molecule has 0 saturated carbocycles. The van der Waals surface area contributed by atoms with Gasteiger partial charge >= 0.3 is 0 Å². The highest BCUT2D eigenvalue weighted by molar-refractivity contribution is 6.46. The Balaban J connectivity index is 1.57. The van der Waals surface area contributed by atoms with E-state index in [2.05, 4.69) is 18.8 Å². The van der Waals surface area contributed by atoms with Gasteiger partial charge in [-0.05, 0) is 59.9 Å². The molecule has 1 aromatic heterocycles. The van der Waals surface area contributed by atoms with Gasteiger partial charge in [-0.1, -0.05) is 32.0 Å². The fraction of sp³-hybridized carbons (Fsp3) is 0.300. The highest BCUT2D eigenvalue weighted by Crippen LogP contribution is 2.42. The zero-order chi connectivity index (χ0) is 26.6. The third-order valence-electron chi connectivity index (χ3n) is 6.57. The standard InChI is InChI=1S/C30H30N2O6/c1-19(2)10-12-36-23-7-3-6-21(15-23)27-26(28(33)22-8-9-24-25(16-22)38-14-13-37-24)29(34)30(35)32(27)18-20-5-4-11-31-17-20/h3-9,11,15-17,19,27,33H,10,12-14,18H2,1-2H3/b28-26+/t27-/m0/s1. The van der Waals surface area contributed by atoms with Crippen molar-refractivity contribution in [2.24, 2.45) is 5.92 Å². The minimum absolute atomic E-state index is 0.00917. The zero-order valence-corrected chi connectivity index (χ0v) is 21.4. The highest BCUT2D eigenvalue weighted by atomic mass is 16.6. The maximum Gasteiger partial charge on any atom is 0.295 e. The first-order valence-corrected chi connectivity index (χ1v) is 12.7. The largest absolute Gasteiger partial charge is 0.507 e. The van der Waals surface area contributed by atoms with Crippen molar-refractivity contribution in [2.45, 2.75) is 32.9 Å². The van der Waals surface area contributed by atoms with Crippen molar-refractivity contribution >= 4 is 17.4 Å². The summed E-state index contributed by atoms with van der Waals surface area (Å²) in [6, 6.07) is 15.1. The van der Waals surface area contributed by atoms with Crippen LogP contribution in [0.3, 0.4) is 0 Å². The Morgan fingerprint density at radius 3 is 2.66 bits per heavy atom. The van der Waals surface area contributed by atoms with E-state index >= 15 is 0 Å². The lowest BCUT2D eigenvalue weighted by Crippen LogP contribution is -2.29. The minimum Gasteiger partial charge on any atom is -0.507 e. The average molecular weight is 515 g/mol. The Morgan fingerprint density at radius 1 is 1.08 bits per heavy atom. The maximum atomic E-state index is 13.4. The highest BCUT2D eigenvalue weighted by Gasteiger charge is 2.46. The molecule has 3 aromatic rings. The summed E-state index contributed by atoms with van der Waals surface area (Å²) in [6.45, 7) is 5.78. The predicted octanol–water partition coefficient (Wildman–Crippen LogP) is 4.90. The molecule has 2 aliphatic heterocycles. The van der Waals surface area contributed by atoms with E-state index in [-0.39, 0.29) is 17.9 Å². The number of rotatable bonds is 8. The maximum absolute atomic E-state index is 13.4. The Hall–Kier alpha value is -4.33. The van der Waals surface area contributed by atoms with E-state index in [9.17, 15) is 14.7 Å². The van der Waals surface area contributed by atoms with E-state index in [1.165, 1.54) is 4.90 Å². The Bertz CT molecular complexity index is 1370. The van der Waals surface area contributed by atoms with Crippen LogP contribution < -0.4 is 14.2 Å². The summed E-state index contributed by atoms with van der Waals surface area (Å²) >= 11 is 0. The summed E-state index contributed by atoms with van der Waals surface area (Å²) in [5.41, 5.74) is 1.80. The first-order chi connectivity index (χ1) is 18.4. The molecule has 1 N–H and O–H groups in total. The van der Waals surface area contributed by atoms with Crippen LogP contribution in [0.2, 0.25) is 0 Å². The van der Waals surface area contributed by atoms with Crippen LogP contribution in [0.25, 0.3) is 5.76 Å².